The van der Waals surface area contributed by atoms with Crippen molar-refractivity contribution < 1.29 is 19.1 Å². The van der Waals surface area contributed by atoms with Crippen molar-refractivity contribution in [2.75, 3.05) is 20.2 Å². The second-order valence-corrected chi connectivity index (χ2v) is 12.2. The van der Waals surface area contributed by atoms with Crippen LogP contribution in [0, 0.1) is 6.92 Å². The maximum atomic E-state index is 12.7. The van der Waals surface area contributed by atoms with E-state index in [1.165, 1.54) is 25.6 Å². The highest BCUT2D eigenvalue weighted by atomic mass is 16.6. The lowest BCUT2D eigenvalue weighted by molar-refractivity contribution is 0.0488. The fourth-order valence-electron chi connectivity index (χ4n) is 6.84. The van der Waals surface area contributed by atoms with Gasteiger partial charge in [0.2, 0.25) is 0 Å². The Balaban J connectivity index is 1.27. The van der Waals surface area contributed by atoms with Crippen LogP contribution in [-0.2, 0) is 22.4 Å². The molecule has 1 aromatic carbocycles. The number of hydrogen-bond acceptors (Lipinski definition) is 6. The SMILES string of the molecule is COC(=O)N1CCc2nc(C)n([C@H]3C[C@H]4CC[C@@H](C3)N4CC[C@H](NC(=O)OC(C)(C)C)c3ccccc3)c2C1. The monoisotopic (exact) mass is 537 g/mol. The molecule has 3 aliphatic rings. The summed E-state index contributed by atoms with van der Waals surface area (Å²) in [4.78, 5) is 34.2. The molecule has 0 saturated carbocycles. The molecule has 2 amide bonds. The standard InChI is InChI=1S/C30H43N5O4/c1-20-31-26-13-15-33(29(37)38-5)19-27(26)35(20)24-17-22-11-12-23(18-24)34(22)16-14-25(21-9-7-6-8-10-21)32-28(36)39-30(2,3)4/h6-10,22-25H,11-19H2,1-5H3,(H,32,36)/t22-,23+,24+,25-/m0/s1. The average Bonchev–Trinajstić information content (AvgIpc) is 3.35. The first-order chi connectivity index (χ1) is 18.6. The predicted octanol–water partition coefficient (Wildman–Crippen LogP) is 5.14. The molecule has 9 heteroatoms. The maximum Gasteiger partial charge on any atom is 0.409 e. The highest BCUT2D eigenvalue weighted by Gasteiger charge is 2.42. The highest BCUT2D eigenvalue weighted by molar-refractivity contribution is 5.68. The van der Waals surface area contributed by atoms with Crippen LogP contribution in [0.1, 0.15) is 87.7 Å². The zero-order valence-corrected chi connectivity index (χ0v) is 24.0. The molecule has 9 nitrogen and oxygen atoms in total. The van der Waals surface area contributed by atoms with Crippen LogP contribution in [0.5, 0.6) is 0 Å². The van der Waals surface area contributed by atoms with Gasteiger partial charge in [0.25, 0.3) is 0 Å². The van der Waals surface area contributed by atoms with Crippen LogP contribution in [0.15, 0.2) is 30.3 Å². The number of imidazole rings is 1. The van der Waals surface area contributed by atoms with Gasteiger partial charge < -0.3 is 24.3 Å². The van der Waals surface area contributed by atoms with E-state index in [4.69, 9.17) is 14.5 Å². The van der Waals surface area contributed by atoms with Gasteiger partial charge in [-0.25, -0.2) is 14.6 Å². The quantitative estimate of drug-likeness (QED) is 0.549. The molecule has 3 aliphatic heterocycles. The number of hydrogen-bond donors (Lipinski definition) is 1. The summed E-state index contributed by atoms with van der Waals surface area (Å²) < 4.78 is 13.0. The summed E-state index contributed by atoms with van der Waals surface area (Å²) in [7, 11) is 1.44. The molecule has 4 atom stereocenters. The second-order valence-electron chi connectivity index (χ2n) is 12.2. The zero-order chi connectivity index (χ0) is 27.7. The van der Waals surface area contributed by atoms with Gasteiger partial charge in [-0.15, -0.1) is 0 Å². The Hall–Kier alpha value is -3.07. The van der Waals surface area contributed by atoms with Crippen molar-refractivity contribution >= 4 is 12.2 Å². The van der Waals surface area contributed by atoms with Gasteiger partial charge in [-0.1, -0.05) is 30.3 Å². The zero-order valence-electron chi connectivity index (χ0n) is 24.0. The van der Waals surface area contributed by atoms with E-state index in [1.54, 1.807) is 4.90 Å². The van der Waals surface area contributed by atoms with Gasteiger partial charge in [0.05, 0.1) is 31.1 Å². The summed E-state index contributed by atoms with van der Waals surface area (Å²) in [5.74, 6) is 1.05. The van der Waals surface area contributed by atoms with Crippen molar-refractivity contribution in [2.45, 2.75) is 103 Å². The number of methoxy groups -OCH3 is 1. The molecule has 2 fully saturated rings. The molecular weight excluding hydrogens is 494 g/mol. The third-order valence-electron chi connectivity index (χ3n) is 8.45. The number of nitrogens with one attached hydrogen (secondary N) is 1. The summed E-state index contributed by atoms with van der Waals surface area (Å²) in [5, 5.41) is 3.13. The van der Waals surface area contributed by atoms with E-state index < -0.39 is 5.60 Å². The number of amides is 2. The molecule has 0 unspecified atom stereocenters. The second kappa shape index (κ2) is 11.2. The van der Waals surface area contributed by atoms with Crippen molar-refractivity contribution in [2.24, 2.45) is 0 Å². The summed E-state index contributed by atoms with van der Waals surface area (Å²) in [6, 6.07) is 11.5. The molecular formula is C30H43N5O4. The molecule has 39 heavy (non-hydrogen) atoms. The molecule has 1 aromatic heterocycles. The van der Waals surface area contributed by atoms with Gasteiger partial charge in [0.15, 0.2) is 0 Å². The van der Waals surface area contributed by atoms with Crippen molar-refractivity contribution in [3.05, 3.63) is 53.1 Å². The maximum absolute atomic E-state index is 12.7. The lowest BCUT2D eigenvalue weighted by atomic mass is 9.95. The Morgan fingerprint density at radius 1 is 1.10 bits per heavy atom. The van der Waals surface area contributed by atoms with Crippen LogP contribution < -0.4 is 5.32 Å². The van der Waals surface area contributed by atoms with Crippen LogP contribution in [0.2, 0.25) is 0 Å². The minimum absolute atomic E-state index is 0.106. The first-order valence-electron chi connectivity index (χ1n) is 14.3. The van der Waals surface area contributed by atoms with Gasteiger partial charge in [-0.2, -0.15) is 0 Å². The summed E-state index contributed by atoms with van der Waals surface area (Å²) in [5.41, 5.74) is 2.86. The van der Waals surface area contributed by atoms with E-state index in [1.807, 2.05) is 39.0 Å². The predicted molar refractivity (Wildman–Crippen MR) is 148 cm³/mol. The molecule has 2 saturated heterocycles. The Kier molecular flexibility index (Phi) is 7.89. The molecule has 212 valence electrons. The van der Waals surface area contributed by atoms with Crippen LogP contribution >= 0.6 is 0 Å². The number of ether oxygens (including phenoxy) is 2. The number of carbonyl (C=O) groups is 2. The van der Waals surface area contributed by atoms with Crippen molar-refractivity contribution in [1.82, 2.24) is 24.7 Å². The van der Waals surface area contributed by atoms with Crippen molar-refractivity contribution in [3.63, 3.8) is 0 Å². The van der Waals surface area contributed by atoms with Crippen LogP contribution in [0.4, 0.5) is 9.59 Å². The highest BCUT2D eigenvalue weighted by Crippen LogP contribution is 2.43. The minimum atomic E-state index is -0.537. The first kappa shape index (κ1) is 27.5. The largest absolute Gasteiger partial charge is 0.453 e. The number of aromatic nitrogens is 2. The van der Waals surface area contributed by atoms with E-state index in [0.29, 0.717) is 31.2 Å². The van der Waals surface area contributed by atoms with Crippen LogP contribution in [0.25, 0.3) is 0 Å². The smallest absolute Gasteiger partial charge is 0.409 e. The van der Waals surface area contributed by atoms with Crippen LogP contribution in [0.3, 0.4) is 0 Å². The molecule has 2 bridgehead atoms. The fraction of sp³-hybridized carbons (Fsp3) is 0.633. The summed E-state index contributed by atoms with van der Waals surface area (Å²) >= 11 is 0. The Bertz CT molecular complexity index is 1160. The number of benzene rings is 1. The first-order valence-corrected chi connectivity index (χ1v) is 14.3. The number of carbonyl (C=O) groups excluding carboxylic acids is 2. The number of nitrogens with zero attached hydrogens (tertiary/aromatic N) is 4. The number of alkyl carbamates (subject to hydrolysis) is 1. The topological polar surface area (TPSA) is 88.9 Å². The van der Waals surface area contributed by atoms with E-state index in [2.05, 4.69) is 33.8 Å². The van der Waals surface area contributed by atoms with E-state index in [9.17, 15) is 9.59 Å². The van der Waals surface area contributed by atoms with E-state index in [-0.39, 0.29) is 18.2 Å². The third-order valence-corrected chi connectivity index (χ3v) is 8.45. The lowest BCUT2D eigenvalue weighted by Crippen LogP contribution is -2.45. The number of fused-ring (bicyclic) bond motifs is 3. The van der Waals surface area contributed by atoms with Gasteiger partial charge >= 0.3 is 12.2 Å². The van der Waals surface area contributed by atoms with E-state index >= 15 is 0 Å². The molecule has 4 heterocycles. The fourth-order valence-corrected chi connectivity index (χ4v) is 6.84. The van der Waals surface area contributed by atoms with Gasteiger partial charge in [0, 0.05) is 37.6 Å². The minimum Gasteiger partial charge on any atom is -0.453 e. The molecule has 5 rings (SSSR count). The normalized spacial score (nSPS) is 23.7. The molecule has 1 N–H and O–H groups in total. The summed E-state index contributed by atoms with van der Waals surface area (Å²) in [6.07, 6.45) is 5.50. The number of piperidine rings is 1. The van der Waals surface area contributed by atoms with Crippen molar-refractivity contribution in [1.29, 1.82) is 0 Å². The summed E-state index contributed by atoms with van der Waals surface area (Å²) in [6.45, 7) is 9.90. The molecule has 0 spiro atoms. The lowest BCUT2D eigenvalue weighted by Gasteiger charge is -2.41. The molecule has 0 aliphatic carbocycles. The van der Waals surface area contributed by atoms with Crippen LogP contribution in [-0.4, -0.2) is 69.4 Å². The van der Waals surface area contributed by atoms with Gasteiger partial charge in [-0.3, -0.25) is 4.90 Å². The van der Waals surface area contributed by atoms with E-state index in [0.717, 1.165) is 49.3 Å². The third kappa shape index (κ3) is 6.08. The van der Waals surface area contributed by atoms with Gasteiger partial charge in [0.1, 0.15) is 11.4 Å². The molecule has 2 aromatic rings. The van der Waals surface area contributed by atoms with Crippen molar-refractivity contribution in [3.8, 4) is 0 Å². The number of aryl methyl sites for hydroxylation is 1. The molecule has 0 radical (unpaired) electrons. The number of rotatable bonds is 6. The Morgan fingerprint density at radius 2 is 1.79 bits per heavy atom. The van der Waals surface area contributed by atoms with Gasteiger partial charge in [-0.05, 0) is 65.4 Å². The Morgan fingerprint density at radius 3 is 2.44 bits per heavy atom. The Labute approximate surface area is 231 Å². The average molecular weight is 538 g/mol.